The molecular formula is C16H20N4O2. The first kappa shape index (κ1) is 14.7. The van der Waals surface area contributed by atoms with Crippen molar-refractivity contribution < 1.29 is 9.90 Å². The lowest BCUT2D eigenvalue weighted by molar-refractivity contribution is 0.0758. The van der Waals surface area contributed by atoms with Gasteiger partial charge >= 0.3 is 0 Å². The van der Waals surface area contributed by atoms with Gasteiger partial charge < -0.3 is 10.0 Å². The minimum absolute atomic E-state index is 0.0552. The van der Waals surface area contributed by atoms with Crippen LogP contribution in [0.5, 0.6) is 0 Å². The Kier molecular flexibility index (Phi) is 4.20. The van der Waals surface area contributed by atoms with Crippen LogP contribution in [0, 0.1) is 5.92 Å². The lowest BCUT2D eigenvalue weighted by Crippen LogP contribution is -2.30. The molecule has 1 N–H and O–H groups in total. The van der Waals surface area contributed by atoms with Gasteiger partial charge in [-0.05, 0) is 37.1 Å². The lowest BCUT2D eigenvalue weighted by atomic mass is 9.97. The van der Waals surface area contributed by atoms with Crippen LogP contribution in [0.25, 0.3) is 0 Å². The number of β-amino-alcohol motifs (C(OH)–C–C–N with tert-alkyl or cyclic N) is 1. The van der Waals surface area contributed by atoms with Crippen molar-refractivity contribution in [2.75, 3.05) is 13.1 Å². The van der Waals surface area contributed by atoms with Crippen LogP contribution >= 0.6 is 0 Å². The summed E-state index contributed by atoms with van der Waals surface area (Å²) in [7, 11) is 0. The highest BCUT2D eigenvalue weighted by Crippen LogP contribution is 2.22. The summed E-state index contributed by atoms with van der Waals surface area (Å²) in [6.07, 6.45) is 5.55. The monoisotopic (exact) mass is 300 g/mol. The average molecular weight is 300 g/mol. The van der Waals surface area contributed by atoms with E-state index in [0.717, 1.165) is 18.5 Å². The van der Waals surface area contributed by atoms with Gasteiger partial charge in [0.25, 0.3) is 5.91 Å². The maximum Gasteiger partial charge on any atom is 0.274 e. The van der Waals surface area contributed by atoms with Crippen LogP contribution in [-0.2, 0) is 13.0 Å². The molecule has 3 rings (SSSR count). The highest BCUT2D eigenvalue weighted by Gasteiger charge is 2.34. The second-order valence-electron chi connectivity index (χ2n) is 5.65. The molecule has 1 aliphatic rings. The molecule has 0 saturated carbocycles. The molecule has 3 heterocycles. The summed E-state index contributed by atoms with van der Waals surface area (Å²) in [4.78, 5) is 18.1. The molecule has 2 aromatic rings. The smallest absolute Gasteiger partial charge is 0.274 e. The minimum Gasteiger partial charge on any atom is -0.391 e. The van der Waals surface area contributed by atoms with E-state index >= 15 is 0 Å². The van der Waals surface area contributed by atoms with Crippen molar-refractivity contribution in [2.24, 2.45) is 5.92 Å². The highest BCUT2D eigenvalue weighted by atomic mass is 16.3. The summed E-state index contributed by atoms with van der Waals surface area (Å²) in [5, 5.41) is 14.5. The number of rotatable bonds is 4. The van der Waals surface area contributed by atoms with Gasteiger partial charge in [-0.15, -0.1) is 0 Å². The van der Waals surface area contributed by atoms with E-state index in [1.165, 1.54) is 0 Å². The molecule has 6 heteroatoms. The number of hydrogen-bond donors (Lipinski definition) is 1. The zero-order valence-electron chi connectivity index (χ0n) is 12.6. The number of aliphatic hydroxyl groups excluding tert-OH is 1. The number of carbonyl (C=O) groups is 1. The summed E-state index contributed by atoms with van der Waals surface area (Å²) in [5.74, 6) is -0.0527. The van der Waals surface area contributed by atoms with E-state index in [2.05, 4.69) is 10.1 Å². The molecule has 1 fully saturated rings. The van der Waals surface area contributed by atoms with Crippen molar-refractivity contribution in [1.82, 2.24) is 19.7 Å². The fourth-order valence-corrected chi connectivity index (χ4v) is 2.86. The van der Waals surface area contributed by atoms with E-state index in [4.69, 9.17) is 0 Å². The fraction of sp³-hybridized carbons (Fsp3) is 0.438. The number of aromatic nitrogens is 3. The van der Waals surface area contributed by atoms with Gasteiger partial charge in [-0.3, -0.25) is 14.5 Å². The lowest BCUT2D eigenvalue weighted by Gasteiger charge is -2.14. The number of likely N-dealkylation sites (tertiary alicyclic amines) is 1. The maximum atomic E-state index is 12.4. The first-order chi connectivity index (χ1) is 10.7. The van der Waals surface area contributed by atoms with Crippen LogP contribution < -0.4 is 0 Å². The summed E-state index contributed by atoms with van der Waals surface area (Å²) in [6.45, 7) is 3.64. The molecule has 1 aliphatic heterocycles. The van der Waals surface area contributed by atoms with Crippen LogP contribution in [0.15, 0.2) is 36.8 Å². The van der Waals surface area contributed by atoms with Crippen LogP contribution in [-0.4, -0.2) is 49.9 Å². The number of amides is 1. The Morgan fingerprint density at radius 1 is 1.32 bits per heavy atom. The number of pyridine rings is 1. The topological polar surface area (TPSA) is 71.2 Å². The Morgan fingerprint density at radius 3 is 2.77 bits per heavy atom. The molecular weight excluding hydrogens is 280 g/mol. The Balaban J connectivity index is 1.66. The molecule has 0 spiro atoms. The molecule has 1 saturated heterocycles. The average Bonchev–Trinajstić information content (AvgIpc) is 3.15. The Bertz CT molecular complexity index is 641. The van der Waals surface area contributed by atoms with E-state index in [1.807, 2.05) is 19.1 Å². The van der Waals surface area contributed by atoms with Crippen LogP contribution in [0.4, 0.5) is 0 Å². The summed E-state index contributed by atoms with van der Waals surface area (Å²) < 4.78 is 1.73. The molecule has 2 aromatic heterocycles. The first-order valence-electron chi connectivity index (χ1n) is 7.57. The number of nitrogens with zero attached hydrogens (tertiary/aromatic N) is 4. The number of hydrogen-bond acceptors (Lipinski definition) is 4. The van der Waals surface area contributed by atoms with E-state index in [0.29, 0.717) is 18.8 Å². The SMILES string of the molecule is CCn1ccc(C(=O)N2C[C@@H](Cc3ccncc3)[C@H](O)C2)n1. The molecule has 1 amide bonds. The normalized spacial score (nSPS) is 21.3. The molecule has 0 bridgehead atoms. The van der Waals surface area contributed by atoms with E-state index < -0.39 is 6.10 Å². The maximum absolute atomic E-state index is 12.4. The second-order valence-corrected chi connectivity index (χ2v) is 5.65. The number of carbonyl (C=O) groups excluding carboxylic acids is 1. The molecule has 0 unspecified atom stereocenters. The van der Waals surface area contributed by atoms with Gasteiger partial charge in [0.05, 0.1) is 6.10 Å². The second kappa shape index (κ2) is 6.27. The summed E-state index contributed by atoms with van der Waals surface area (Å²) in [6, 6.07) is 5.62. The van der Waals surface area contributed by atoms with Crippen molar-refractivity contribution in [3.8, 4) is 0 Å². The van der Waals surface area contributed by atoms with Crippen molar-refractivity contribution in [2.45, 2.75) is 26.0 Å². The standard InChI is InChI=1S/C16H20N4O2/c1-2-20-8-5-14(18-20)16(22)19-10-13(15(21)11-19)9-12-3-6-17-7-4-12/h3-8,13,15,21H,2,9-11H2,1H3/t13-,15-/m1/s1. The van der Waals surface area contributed by atoms with Gasteiger partial charge in [-0.1, -0.05) is 0 Å². The zero-order chi connectivity index (χ0) is 15.5. The quantitative estimate of drug-likeness (QED) is 0.913. The summed E-state index contributed by atoms with van der Waals surface area (Å²) in [5.41, 5.74) is 1.57. The predicted molar refractivity (Wildman–Crippen MR) is 81.2 cm³/mol. The van der Waals surface area contributed by atoms with Gasteiger partial charge in [0.15, 0.2) is 0 Å². The molecule has 0 aliphatic carbocycles. The van der Waals surface area contributed by atoms with Crippen molar-refractivity contribution >= 4 is 5.91 Å². The fourth-order valence-electron chi connectivity index (χ4n) is 2.86. The Labute approximate surface area is 129 Å². The molecule has 0 radical (unpaired) electrons. The highest BCUT2D eigenvalue weighted by molar-refractivity contribution is 5.92. The Morgan fingerprint density at radius 2 is 2.09 bits per heavy atom. The third-order valence-corrected chi connectivity index (χ3v) is 4.12. The summed E-state index contributed by atoms with van der Waals surface area (Å²) >= 11 is 0. The largest absolute Gasteiger partial charge is 0.391 e. The molecule has 0 aromatic carbocycles. The minimum atomic E-state index is -0.495. The third kappa shape index (κ3) is 3.01. The van der Waals surface area contributed by atoms with E-state index in [1.54, 1.807) is 34.2 Å². The van der Waals surface area contributed by atoms with Crippen molar-refractivity contribution in [3.05, 3.63) is 48.0 Å². The van der Waals surface area contributed by atoms with Gasteiger partial charge in [-0.2, -0.15) is 5.10 Å². The number of aryl methyl sites for hydroxylation is 1. The van der Waals surface area contributed by atoms with Crippen molar-refractivity contribution in [3.63, 3.8) is 0 Å². The van der Waals surface area contributed by atoms with Crippen LogP contribution in [0.3, 0.4) is 0 Å². The molecule has 6 nitrogen and oxygen atoms in total. The predicted octanol–water partition coefficient (Wildman–Crippen LogP) is 0.974. The van der Waals surface area contributed by atoms with E-state index in [9.17, 15) is 9.90 Å². The van der Waals surface area contributed by atoms with Gasteiger partial charge in [-0.25, -0.2) is 0 Å². The zero-order valence-corrected chi connectivity index (χ0v) is 12.6. The Hall–Kier alpha value is -2.21. The van der Waals surface area contributed by atoms with Gasteiger partial charge in [0.1, 0.15) is 5.69 Å². The van der Waals surface area contributed by atoms with Crippen molar-refractivity contribution in [1.29, 1.82) is 0 Å². The molecule has 22 heavy (non-hydrogen) atoms. The van der Waals surface area contributed by atoms with Gasteiger partial charge in [0, 0.05) is 44.1 Å². The van der Waals surface area contributed by atoms with E-state index in [-0.39, 0.29) is 11.8 Å². The third-order valence-electron chi connectivity index (χ3n) is 4.12. The molecule has 116 valence electrons. The van der Waals surface area contributed by atoms with Crippen LogP contribution in [0.2, 0.25) is 0 Å². The van der Waals surface area contributed by atoms with Crippen LogP contribution in [0.1, 0.15) is 23.0 Å². The number of aliphatic hydroxyl groups is 1. The van der Waals surface area contributed by atoms with Gasteiger partial charge in [0.2, 0.25) is 0 Å². The molecule has 2 atom stereocenters. The first-order valence-corrected chi connectivity index (χ1v) is 7.57.